The van der Waals surface area contributed by atoms with Crippen molar-refractivity contribution in [3.63, 3.8) is 0 Å². The SMILES string of the molecule is O=C(CCC(=O)N1CCN(CC=Cc2ccccc2)CC1)c1ccc2c(c1)CCNCC2. The number of piperazine rings is 1. The summed E-state index contributed by atoms with van der Waals surface area (Å²) in [4.78, 5) is 29.6. The van der Waals surface area contributed by atoms with Crippen LogP contribution in [0.2, 0.25) is 0 Å². The molecule has 2 aromatic carbocycles. The lowest BCUT2D eigenvalue weighted by Crippen LogP contribution is -2.48. The molecule has 1 amide bonds. The maximum Gasteiger partial charge on any atom is 0.223 e. The summed E-state index contributed by atoms with van der Waals surface area (Å²) in [5.74, 6) is 0.167. The van der Waals surface area contributed by atoms with Crippen LogP contribution in [-0.4, -0.2) is 67.3 Å². The number of benzene rings is 2. The van der Waals surface area contributed by atoms with Gasteiger partial charge in [0.25, 0.3) is 0 Å². The molecule has 32 heavy (non-hydrogen) atoms. The van der Waals surface area contributed by atoms with Gasteiger partial charge in [0, 0.05) is 51.1 Å². The standard InChI is InChI=1S/C27H33N3O2/c31-26(25-9-8-23-12-14-28-15-13-24(23)21-25)10-11-27(32)30-19-17-29(18-20-30)16-4-7-22-5-2-1-3-6-22/h1-9,21,28H,10-20H2. The number of hydrogen-bond acceptors (Lipinski definition) is 4. The van der Waals surface area contributed by atoms with Gasteiger partial charge in [-0.2, -0.15) is 0 Å². The van der Waals surface area contributed by atoms with Gasteiger partial charge in [0.2, 0.25) is 5.91 Å². The molecule has 0 aliphatic carbocycles. The fourth-order valence-corrected chi connectivity index (χ4v) is 4.45. The molecule has 0 saturated carbocycles. The first-order chi connectivity index (χ1) is 15.7. The molecule has 0 bridgehead atoms. The second kappa shape index (κ2) is 11.2. The highest BCUT2D eigenvalue weighted by Crippen LogP contribution is 2.17. The number of rotatable bonds is 7. The number of fused-ring (bicyclic) bond motifs is 1. The Balaban J connectivity index is 1.20. The van der Waals surface area contributed by atoms with Gasteiger partial charge in [0.15, 0.2) is 5.78 Å². The second-order valence-corrected chi connectivity index (χ2v) is 8.65. The molecular weight excluding hydrogens is 398 g/mol. The first kappa shape index (κ1) is 22.4. The van der Waals surface area contributed by atoms with Crippen molar-refractivity contribution < 1.29 is 9.59 Å². The Morgan fingerprint density at radius 2 is 1.62 bits per heavy atom. The van der Waals surface area contributed by atoms with E-state index < -0.39 is 0 Å². The summed E-state index contributed by atoms with van der Waals surface area (Å²) in [5.41, 5.74) is 4.55. The van der Waals surface area contributed by atoms with Crippen LogP contribution in [0.15, 0.2) is 54.6 Å². The lowest BCUT2D eigenvalue weighted by molar-refractivity contribution is -0.132. The monoisotopic (exact) mass is 431 g/mol. The van der Waals surface area contributed by atoms with Gasteiger partial charge < -0.3 is 10.2 Å². The van der Waals surface area contributed by atoms with Gasteiger partial charge in [-0.25, -0.2) is 0 Å². The number of nitrogens with zero attached hydrogens (tertiary/aromatic N) is 2. The molecule has 168 valence electrons. The molecule has 2 aliphatic heterocycles. The van der Waals surface area contributed by atoms with Crippen molar-refractivity contribution in [3.05, 3.63) is 76.9 Å². The average Bonchev–Trinajstić information content (AvgIpc) is 3.08. The number of ketones is 1. The van der Waals surface area contributed by atoms with E-state index in [1.807, 2.05) is 35.2 Å². The van der Waals surface area contributed by atoms with E-state index in [0.29, 0.717) is 6.42 Å². The molecule has 5 heteroatoms. The Bertz CT molecular complexity index is 947. The molecule has 2 aromatic rings. The molecule has 0 aromatic heterocycles. The van der Waals surface area contributed by atoms with E-state index in [1.54, 1.807) is 0 Å². The summed E-state index contributed by atoms with van der Waals surface area (Å²) in [6.45, 7) is 6.05. The number of Topliss-reactive ketones (excluding diaryl/α,β-unsaturated/α-hetero) is 1. The Kier molecular flexibility index (Phi) is 7.86. The molecule has 4 rings (SSSR count). The first-order valence-electron chi connectivity index (χ1n) is 11.8. The third-order valence-electron chi connectivity index (χ3n) is 6.43. The highest BCUT2D eigenvalue weighted by atomic mass is 16.2. The van der Waals surface area contributed by atoms with Crippen LogP contribution in [0.25, 0.3) is 6.08 Å². The van der Waals surface area contributed by atoms with E-state index in [-0.39, 0.29) is 18.1 Å². The molecule has 0 spiro atoms. The summed E-state index contributed by atoms with van der Waals surface area (Å²) >= 11 is 0. The van der Waals surface area contributed by atoms with Crippen molar-refractivity contribution in [2.24, 2.45) is 0 Å². The molecule has 2 heterocycles. The largest absolute Gasteiger partial charge is 0.340 e. The van der Waals surface area contributed by atoms with Gasteiger partial charge >= 0.3 is 0 Å². The molecule has 0 unspecified atom stereocenters. The zero-order valence-corrected chi connectivity index (χ0v) is 18.8. The number of nitrogens with one attached hydrogen (secondary N) is 1. The lowest BCUT2D eigenvalue weighted by atomic mass is 9.97. The summed E-state index contributed by atoms with van der Waals surface area (Å²) in [5, 5.41) is 3.40. The van der Waals surface area contributed by atoms with Crippen LogP contribution in [0, 0.1) is 0 Å². The minimum atomic E-state index is 0.0723. The maximum atomic E-state index is 12.7. The van der Waals surface area contributed by atoms with Crippen LogP contribution in [0.5, 0.6) is 0 Å². The molecule has 0 radical (unpaired) electrons. The molecule has 5 nitrogen and oxygen atoms in total. The summed E-state index contributed by atoms with van der Waals surface area (Å²) in [6, 6.07) is 16.3. The van der Waals surface area contributed by atoms with Crippen molar-refractivity contribution in [1.82, 2.24) is 15.1 Å². The number of carbonyl (C=O) groups is 2. The van der Waals surface area contributed by atoms with Gasteiger partial charge in [-0.15, -0.1) is 0 Å². The fourth-order valence-electron chi connectivity index (χ4n) is 4.45. The summed E-state index contributed by atoms with van der Waals surface area (Å²) < 4.78 is 0. The molecule has 0 atom stereocenters. The highest BCUT2D eigenvalue weighted by Gasteiger charge is 2.21. The van der Waals surface area contributed by atoms with Crippen molar-refractivity contribution in [3.8, 4) is 0 Å². The van der Waals surface area contributed by atoms with E-state index in [4.69, 9.17) is 0 Å². The normalized spacial score (nSPS) is 17.2. The average molecular weight is 432 g/mol. The topological polar surface area (TPSA) is 52.7 Å². The van der Waals surface area contributed by atoms with Gasteiger partial charge in [0.1, 0.15) is 0 Å². The third-order valence-corrected chi connectivity index (χ3v) is 6.43. The van der Waals surface area contributed by atoms with Gasteiger partial charge in [-0.1, -0.05) is 54.6 Å². The Morgan fingerprint density at radius 3 is 2.41 bits per heavy atom. The van der Waals surface area contributed by atoms with Crippen molar-refractivity contribution in [2.45, 2.75) is 25.7 Å². The van der Waals surface area contributed by atoms with Crippen LogP contribution in [0.4, 0.5) is 0 Å². The minimum absolute atomic E-state index is 0.0723. The van der Waals surface area contributed by atoms with Gasteiger partial charge in [0.05, 0.1) is 0 Å². The second-order valence-electron chi connectivity index (χ2n) is 8.65. The fraction of sp³-hybridized carbons (Fsp3) is 0.407. The Hall–Kier alpha value is -2.76. The number of amides is 1. The summed E-state index contributed by atoms with van der Waals surface area (Å²) in [7, 11) is 0. The number of hydrogen-bond donors (Lipinski definition) is 1. The zero-order valence-electron chi connectivity index (χ0n) is 18.8. The lowest BCUT2D eigenvalue weighted by Gasteiger charge is -2.34. The predicted molar refractivity (Wildman–Crippen MR) is 129 cm³/mol. The van der Waals surface area contributed by atoms with E-state index >= 15 is 0 Å². The van der Waals surface area contributed by atoms with E-state index in [0.717, 1.165) is 64.2 Å². The quantitative estimate of drug-likeness (QED) is 0.684. The maximum absolute atomic E-state index is 12.7. The Labute approximate surface area is 191 Å². The highest BCUT2D eigenvalue weighted by molar-refractivity contribution is 5.98. The van der Waals surface area contributed by atoms with Crippen LogP contribution < -0.4 is 5.32 Å². The van der Waals surface area contributed by atoms with Crippen LogP contribution in [0.1, 0.15) is 39.9 Å². The van der Waals surface area contributed by atoms with Gasteiger partial charge in [-0.05, 0) is 48.7 Å². The van der Waals surface area contributed by atoms with Crippen LogP contribution in [0.3, 0.4) is 0 Å². The van der Waals surface area contributed by atoms with Crippen molar-refractivity contribution >= 4 is 17.8 Å². The van der Waals surface area contributed by atoms with Crippen molar-refractivity contribution in [1.29, 1.82) is 0 Å². The Morgan fingerprint density at radius 1 is 0.875 bits per heavy atom. The molecule has 1 saturated heterocycles. The van der Waals surface area contributed by atoms with Crippen LogP contribution in [-0.2, 0) is 17.6 Å². The summed E-state index contributed by atoms with van der Waals surface area (Å²) in [6.07, 6.45) is 6.88. The smallest absolute Gasteiger partial charge is 0.223 e. The molecule has 1 N–H and O–H groups in total. The first-order valence-corrected chi connectivity index (χ1v) is 11.8. The van der Waals surface area contributed by atoms with E-state index in [9.17, 15) is 9.59 Å². The zero-order chi connectivity index (χ0) is 22.2. The van der Waals surface area contributed by atoms with E-state index in [1.165, 1.54) is 16.7 Å². The van der Waals surface area contributed by atoms with Gasteiger partial charge in [-0.3, -0.25) is 14.5 Å². The third kappa shape index (κ3) is 6.15. The molecule has 2 aliphatic rings. The van der Waals surface area contributed by atoms with E-state index in [2.05, 4.69) is 40.6 Å². The van der Waals surface area contributed by atoms with Crippen molar-refractivity contribution in [2.75, 3.05) is 45.8 Å². The van der Waals surface area contributed by atoms with Crippen LogP contribution >= 0.6 is 0 Å². The predicted octanol–water partition coefficient (Wildman–Crippen LogP) is 3.20. The molecular formula is C27H33N3O2. The number of carbonyl (C=O) groups excluding carboxylic acids is 2. The minimum Gasteiger partial charge on any atom is -0.340 e. The molecule has 1 fully saturated rings.